The molecular formula is C15H17ClN2O3. The van der Waals surface area contributed by atoms with Gasteiger partial charge in [-0.3, -0.25) is 0 Å². The Morgan fingerprint density at radius 2 is 2.05 bits per heavy atom. The number of amides is 2. The molecule has 1 saturated heterocycles. The fraction of sp³-hybridized carbons (Fsp3) is 0.467. The number of carboxylic acids is 1. The van der Waals surface area contributed by atoms with Crippen molar-refractivity contribution < 1.29 is 14.7 Å². The van der Waals surface area contributed by atoms with Gasteiger partial charge in [0.1, 0.15) is 6.04 Å². The molecule has 1 heterocycles. The molecule has 112 valence electrons. The number of hydrogen-bond acceptors (Lipinski definition) is 2. The molecule has 1 aromatic carbocycles. The van der Waals surface area contributed by atoms with Gasteiger partial charge < -0.3 is 15.3 Å². The number of fused-ring (bicyclic) bond motifs is 1. The normalized spacial score (nSPS) is 27.5. The first-order valence-corrected chi connectivity index (χ1v) is 7.50. The molecule has 6 heteroatoms. The monoisotopic (exact) mass is 308 g/mol. The lowest BCUT2D eigenvalue weighted by molar-refractivity contribution is -0.142. The van der Waals surface area contributed by atoms with Crippen molar-refractivity contribution in [2.45, 2.75) is 25.3 Å². The van der Waals surface area contributed by atoms with E-state index in [1.807, 2.05) is 0 Å². The number of aliphatic carboxylic acids is 1. The molecule has 1 aliphatic carbocycles. The van der Waals surface area contributed by atoms with E-state index in [4.69, 9.17) is 11.6 Å². The Hall–Kier alpha value is -1.75. The third-order valence-corrected chi connectivity index (χ3v) is 4.85. The maximum absolute atomic E-state index is 12.4. The van der Waals surface area contributed by atoms with E-state index in [1.54, 1.807) is 24.3 Å². The van der Waals surface area contributed by atoms with Crippen LogP contribution in [-0.2, 0) is 4.79 Å². The summed E-state index contributed by atoms with van der Waals surface area (Å²) >= 11 is 6.02. The molecular weight excluding hydrogens is 292 g/mol. The van der Waals surface area contributed by atoms with E-state index in [-0.39, 0.29) is 11.9 Å². The number of carboxylic acid groups (broad SMARTS) is 1. The maximum atomic E-state index is 12.4. The number of urea groups is 1. The van der Waals surface area contributed by atoms with Crippen LogP contribution in [0.25, 0.3) is 0 Å². The van der Waals surface area contributed by atoms with Gasteiger partial charge in [-0.25, -0.2) is 9.59 Å². The highest BCUT2D eigenvalue weighted by molar-refractivity contribution is 6.33. The number of carbonyl (C=O) groups excluding carboxylic acids is 1. The molecule has 2 amide bonds. The third-order valence-electron chi connectivity index (χ3n) is 4.52. The van der Waals surface area contributed by atoms with Gasteiger partial charge in [-0.1, -0.05) is 30.2 Å². The second-order valence-electron chi connectivity index (χ2n) is 5.70. The minimum absolute atomic E-state index is 0.0829. The first-order chi connectivity index (χ1) is 10.1. The number of nitrogens with one attached hydrogen (secondary N) is 1. The fourth-order valence-corrected chi connectivity index (χ4v) is 3.76. The van der Waals surface area contributed by atoms with Gasteiger partial charge in [-0.05, 0) is 36.8 Å². The second kappa shape index (κ2) is 5.56. The number of hydrogen-bond donors (Lipinski definition) is 2. The molecule has 0 bridgehead atoms. The van der Waals surface area contributed by atoms with E-state index in [0.717, 1.165) is 19.3 Å². The van der Waals surface area contributed by atoms with Crippen LogP contribution in [0.4, 0.5) is 10.5 Å². The Balaban J connectivity index is 1.78. The number of benzene rings is 1. The maximum Gasteiger partial charge on any atom is 0.326 e. The zero-order chi connectivity index (χ0) is 15.0. The summed E-state index contributed by atoms with van der Waals surface area (Å²) in [6.45, 7) is 0.512. The quantitative estimate of drug-likeness (QED) is 0.882. The van der Waals surface area contributed by atoms with Crippen LogP contribution >= 0.6 is 11.6 Å². The predicted molar refractivity (Wildman–Crippen MR) is 79.4 cm³/mol. The largest absolute Gasteiger partial charge is 0.480 e. The molecule has 3 unspecified atom stereocenters. The van der Waals surface area contributed by atoms with Crippen LogP contribution in [0.15, 0.2) is 24.3 Å². The fourth-order valence-electron chi connectivity index (χ4n) is 3.58. The molecule has 0 radical (unpaired) electrons. The summed E-state index contributed by atoms with van der Waals surface area (Å²) in [6.07, 6.45) is 2.95. The van der Waals surface area contributed by atoms with E-state index in [0.29, 0.717) is 23.2 Å². The van der Waals surface area contributed by atoms with Crippen molar-refractivity contribution in [3.63, 3.8) is 0 Å². The number of halogens is 1. The Morgan fingerprint density at radius 1 is 1.29 bits per heavy atom. The van der Waals surface area contributed by atoms with Gasteiger partial charge in [-0.15, -0.1) is 0 Å². The highest BCUT2D eigenvalue weighted by Gasteiger charge is 2.49. The molecule has 0 spiro atoms. The first kappa shape index (κ1) is 14.2. The molecule has 2 fully saturated rings. The van der Waals surface area contributed by atoms with Crippen molar-refractivity contribution in [3.8, 4) is 0 Å². The topological polar surface area (TPSA) is 69.6 Å². The molecule has 21 heavy (non-hydrogen) atoms. The summed E-state index contributed by atoms with van der Waals surface area (Å²) < 4.78 is 0. The Bertz CT molecular complexity index is 578. The molecule has 5 nitrogen and oxygen atoms in total. The average molecular weight is 309 g/mol. The number of nitrogens with zero attached hydrogens (tertiary/aromatic N) is 1. The molecule has 3 rings (SSSR count). The summed E-state index contributed by atoms with van der Waals surface area (Å²) in [4.78, 5) is 25.4. The molecule has 1 aromatic rings. The van der Waals surface area contributed by atoms with Gasteiger partial charge in [0, 0.05) is 6.54 Å². The lowest BCUT2D eigenvalue weighted by Crippen LogP contribution is -2.45. The van der Waals surface area contributed by atoms with Crippen molar-refractivity contribution in [1.82, 2.24) is 4.90 Å². The zero-order valence-electron chi connectivity index (χ0n) is 11.5. The summed E-state index contributed by atoms with van der Waals surface area (Å²) in [5.41, 5.74) is 0.505. The Labute approximate surface area is 127 Å². The van der Waals surface area contributed by atoms with Crippen LogP contribution in [0.3, 0.4) is 0 Å². The van der Waals surface area contributed by atoms with Gasteiger partial charge in [0.25, 0.3) is 0 Å². The number of anilines is 1. The third kappa shape index (κ3) is 2.58. The number of rotatable bonds is 2. The van der Waals surface area contributed by atoms with Crippen LogP contribution in [0, 0.1) is 11.8 Å². The van der Waals surface area contributed by atoms with E-state index >= 15 is 0 Å². The van der Waals surface area contributed by atoms with Crippen LogP contribution in [-0.4, -0.2) is 34.6 Å². The Kier molecular flexibility index (Phi) is 3.76. The minimum atomic E-state index is -0.918. The van der Waals surface area contributed by atoms with Crippen LogP contribution in [0.1, 0.15) is 19.3 Å². The standard InChI is InChI=1S/C15H17ClN2O3/c16-11-6-1-2-7-12(11)17-15(21)18-8-9-4-3-5-10(9)13(18)14(19)20/h1-2,6-7,9-10,13H,3-5,8H2,(H,17,21)(H,19,20). The Morgan fingerprint density at radius 3 is 2.76 bits per heavy atom. The van der Waals surface area contributed by atoms with Crippen LogP contribution < -0.4 is 5.32 Å². The SMILES string of the molecule is O=C(O)C1C2CCCC2CN1C(=O)Nc1ccccc1Cl. The van der Waals surface area contributed by atoms with Gasteiger partial charge >= 0.3 is 12.0 Å². The van der Waals surface area contributed by atoms with Crippen LogP contribution in [0.2, 0.25) is 5.02 Å². The van der Waals surface area contributed by atoms with Crippen molar-refractivity contribution in [1.29, 1.82) is 0 Å². The summed E-state index contributed by atoms with van der Waals surface area (Å²) in [6, 6.07) is 5.83. The number of likely N-dealkylation sites (tertiary alicyclic amines) is 1. The van der Waals surface area contributed by atoms with Crippen molar-refractivity contribution >= 4 is 29.3 Å². The minimum Gasteiger partial charge on any atom is -0.480 e. The molecule has 2 aliphatic rings. The summed E-state index contributed by atoms with van der Waals surface area (Å²) in [5, 5.41) is 12.6. The van der Waals surface area contributed by atoms with Crippen molar-refractivity contribution in [2.24, 2.45) is 11.8 Å². The highest BCUT2D eigenvalue weighted by Crippen LogP contribution is 2.42. The van der Waals surface area contributed by atoms with Gasteiger partial charge in [0.15, 0.2) is 0 Å². The second-order valence-corrected chi connectivity index (χ2v) is 6.11. The lowest BCUT2D eigenvalue weighted by Gasteiger charge is -2.24. The van der Waals surface area contributed by atoms with Crippen molar-refractivity contribution in [3.05, 3.63) is 29.3 Å². The highest BCUT2D eigenvalue weighted by atomic mass is 35.5. The predicted octanol–water partition coefficient (Wildman–Crippen LogP) is 3.06. The molecule has 1 aliphatic heterocycles. The van der Waals surface area contributed by atoms with E-state index in [9.17, 15) is 14.7 Å². The average Bonchev–Trinajstić information content (AvgIpc) is 3.00. The number of carbonyl (C=O) groups is 2. The number of para-hydroxylation sites is 1. The summed E-state index contributed by atoms with van der Waals surface area (Å²) in [5.74, 6) is -0.527. The van der Waals surface area contributed by atoms with Crippen LogP contribution in [0.5, 0.6) is 0 Å². The van der Waals surface area contributed by atoms with Gasteiger partial charge in [0.2, 0.25) is 0 Å². The van der Waals surface area contributed by atoms with Crippen molar-refractivity contribution in [2.75, 3.05) is 11.9 Å². The molecule has 0 aromatic heterocycles. The molecule has 2 N–H and O–H groups in total. The van der Waals surface area contributed by atoms with E-state index < -0.39 is 12.0 Å². The van der Waals surface area contributed by atoms with E-state index in [1.165, 1.54) is 4.90 Å². The molecule has 3 atom stereocenters. The lowest BCUT2D eigenvalue weighted by atomic mass is 9.94. The van der Waals surface area contributed by atoms with E-state index in [2.05, 4.69) is 5.32 Å². The van der Waals surface area contributed by atoms with Gasteiger partial charge in [0.05, 0.1) is 10.7 Å². The zero-order valence-corrected chi connectivity index (χ0v) is 12.2. The smallest absolute Gasteiger partial charge is 0.326 e. The molecule has 1 saturated carbocycles. The van der Waals surface area contributed by atoms with Gasteiger partial charge in [-0.2, -0.15) is 0 Å². The first-order valence-electron chi connectivity index (χ1n) is 7.13. The summed E-state index contributed by atoms with van der Waals surface area (Å²) in [7, 11) is 0.